The number of carbonyl (C=O) groups excluding carboxylic acids is 1. The van der Waals surface area contributed by atoms with Gasteiger partial charge in [-0.05, 0) is 42.3 Å². The molecule has 2 rings (SSSR count). The summed E-state index contributed by atoms with van der Waals surface area (Å²) in [5.74, 6) is -1.40. The molecule has 0 saturated heterocycles. The zero-order valence-corrected chi connectivity index (χ0v) is 14.9. The van der Waals surface area contributed by atoms with Gasteiger partial charge >= 0.3 is 12.3 Å². The predicted molar refractivity (Wildman–Crippen MR) is 94.4 cm³/mol. The van der Waals surface area contributed by atoms with Crippen molar-refractivity contribution in [3.63, 3.8) is 0 Å². The van der Waals surface area contributed by atoms with Gasteiger partial charge in [-0.1, -0.05) is 18.2 Å². The van der Waals surface area contributed by atoms with Crippen LogP contribution in [-0.2, 0) is 16.0 Å². The molecule has 2 aromatic carbocycles. The van der Waals surface area contributed by atoms with Crippen LogP contribution >= 0.6 is 0 Å². The highest BCUT2D eigenvalue weighted by Gasteiger charge is 2.32. The van der Waals surface area contributed by atoms with Crippen LogP contribution in [0.2, 0.25) is 0 Å². The van der Waals surface area contributed by atoms with E-state index in [4.69, 9.17) is 9.84 Å². The molecule has 0 bridgehead atoms. The van der Waals surface area contributed by atoms with Crippen LogP contribution in [0.5, 0.6) is 11.5 Å². The van der Waals surface area contributed by atoms with Crippen LogP contribution in [0.25, 0.3) is 0 Å². The van der Waals surface area contributed by atoms with Crippen LogP contribution < -0.4 is 14.4 Å². The number of benzene rings is 2. The minimum atomic E-state index is -4.80. The summed E-state index contributed by atoms with van der Waals surface area (Å²) >= 11 is 0. The van der Waals surface area contributed by atoms with E-state index in [9.17, 15) is 22.8 Å². The van der Waals surface area contributed by atoms with E-state index in [-0.39, 0.29) is 30.1 Å². The Labute approximate surface area is 159 Å². The third-order valence-corrected chi connectivity index (χ3v) is 3.77. The molecule has 0 saturated carbocycles. The third-order valence-electron chi connectivity index (χ3n) is 3.77. The van der Waals surface area contributed by atoms with Gasteiger partial charge in [0.1, 0.15) is 11.5 Å². The average molecular weight is 397 g/mol. The quantitative estimate of drug-likeness (QED) is 0.736. The summed E-state index contributed by atoms with van der Waals surface area (Å²) in [5, 5.41) is 8.58. The lowest BCUT2D eigenvalue weighted by molar-refractivity contribution is -0.274. The maximum atomic E-state index is 12.5. The van der Waals surface area contributed by atoms with Crippen LogP contribution in [0, 0.1) is 0 Å². The summed E-state index contributed by atoms with van der Waals surface area (Å²) < 4.78 is 46.4. The normalized spacial score (nSPS) is 11.0. The Morgan fingerprint density at radius 1 is 1.07 bits per heavy atom. The maximum absolute atomic E-state index is 12.5. The van der Waals surface area contributed by atoms with Gasteiger partial charge in [0, 0.05) is 19.2 Å². The number of nitrogens with zero attached hydrogens (tertiary/aromatic N) is 1. The molecule has 1 N–H and O–H groups in total. The van der Waals surface area contributed by atoms with Crippen molar-refractivity contribution in [2.45, 2.75) is 19.2 Å². The van der Waals surface area contributed by atoms with Gasteiger partial charge in [-0.2, -0.15) is 0 Å². The van der Waals surface area contributed by atoms with Crippen LogP contribution in [0.1, 0.15) is 12.0 Å². The Morgan fingerprint density at radius 2 is 1.71 bits per heavy atom. The Morgan fingerprint density at radius 3 is 2.32 bits per heavy atom. The minimum Gasteiger partial charge on any atom is -0.482 e. The molecule has 1 amide bonds. The molecule has 0 fully saturated rings. The fraction of sp³-hybridized carbons (Fsp3) is 0.263. The summed E-state index contributed by atoms with van der Waals surface area (Å²) in [6.07, 6.45) is -4.75. The summed E-state index contributed by atoms with van der Waals surface area (Å²) in [6.45, 7) is -0.479. The smallest absolute Gasteiger partial charge is 0.482 e. The van der Waals surface area contributed by atoms with E-state index < -0.39 is 18.9 Å². The molecule has 0 unspecified atom stereocenters. The number of aliphatic carboxylic acids is 1. The third kappa shape index (κ3) is 6.49. The number of anilines is 1. The second-order valence-corrected chi connectivity index (χ2v) is 5.78. The number of hydrogen-bond donors (Lipinski definition) is 1. The Bertz CT molecular complexity index is 821. The van der Waals surface area contributed by atoms with Gasteiger partial charge in [-0.3, -0.25) is 4.79 Å². The fourth-order valence-corrected chi connectivity index (χ4v) is 2.40. The molecule has 0 aliphatic rings. The first-order valence-corrected chi connectivity index (χ1v) is 8.20. The predicted octanol–water partition coefficient (Wildman–Crippen LogP) is 3.64. The number of aryl methyl sites for hydroxylation is 1. The minimum absolute atomic E-state index is 0.0218. The number of amides is 1. The molecule has 0 heterocycles. The maximum Gasteiger partial charge on any atom is 0.573 e. The number of hydrogen-bond acceptors (Lipinski definition) is 4. The first-order valence-electron chi connectivity index (χ1n) is 8.20. The lowest BCUT2D eigenvalue weighted by Crippen LogP contribution is -2.26. The van der Waals surface area contributed by atoms with E-state index in [1.807, 2.05) is 0 Å². The Balaban J connectivity index is 1.97. The van der Waals surface area contributed by atoms with Crippen molar-refractivity contribution in [2.24, 2.45) is 0 Å². The van der Waals surface area contributed by atoms with E-state index in [1.165, 1.54) is 42.3 Å². The summed E-state index contributed by atoms with van der Waals surface area (Å²) in [7, 11) is 1.54. The molecule has 0 radical (unpaired) electrons. The Kier molecular flexibility index (Phi) is 6.86. The van der Waals surface area contributed by atoms with Crippen molar-refractivity contribution in [2.75, 3.05) is 18.6 Å². The van der Waals surface area contributed by atoms with E-state index in [0.717, 1.165) is 0 Å². The molecule has 2 aromatic rings. The topological polar surface area (TPSA) is 76.1 Å². The van der Waals surface area contributed by atoms with Crippen molar-refractivity contribution in [3.05, 3.63) is 54.1 Å². The van der Waals surface area contributed by atoms with Crippen LogP contribution in [0.3, 0.4) is 0 Å². The Hall–Kier alpha value is -3.23. The molecule has 0 aromatic heterocycles. The number of rotatable bonds is 8. The van der Waals surface area contributed by atoms with E-state index in [1.54, 1.807) is 18.2 Å². The van der Waals surface area contributed by atoms with Gasteiger partial charge in [-0.15, -0.1) is 13.2 Å². The summed E-state index contributed by atoms with van der Waals surface area (Å²) in [4.78, 5) is 24.2. The van der Waals surface area contributed by atoms with E-state index in [0.29, 0.717) is 11.4 Å². The molecular formula is C19H18F3NO5. The standard InChI is InChI=1S/C19H18F3NO5/c1-23(14-7-9-15(10-8-14)27-12-18(25)26)17(24)11-6-13-4-2-3-5-16(13)28-19(20,21)22/h2-5,7-10H,6,11-12H2,1H3,(H,25,26). The van der Waals surface area contributed by atoms with Gasteiger partial charge in [-0.25, -0.2) is 4.79 Å². The van der Waals surface area contributed by atoms with Gasteiger partial charge in [0.2, 0.25) is 5.91 Å². The first kappa shape index (κ1) is 21.1. The number of carbonyl (C=O) groups is 2. The second-order valence-electron chi connectivity index (χ2n) is 5.78. The molecule has 0 aliphatic carbocycles. The highest BCUT2D eigenvalue weighted by molar-refractivity contribution is 5.93. The number of carboxylic acid groups (broad SMARTS) is 1. The van der Waals surface area contributed by atoms with E-state index >= 15 is 0 Å². The number of halogens is 3. The summed E-state index contributed by atoms with van der Waals surface area (Å²) in [5.41, 5.74) is 0.812. The first-order chi connectivity index (χ1) is 13.2. The van der Waals surface area contributed by atoms with Crippen molar-refractivity contribution in [1.29, 1.82) is 0 Å². The molecule has 0 atom stereocenters. The molecule has 6 nitrogen and oxygen atoms in total. The highest BCUT2D eigenvalue weighted by atomic mass is 19.4. The van der Waals surface area contributed by atoms with Crippen molar-refractivity contribution in [3.8, 4) is 11.5 Å². The van der Waals surface area contributed by atoms with Crippen molar-refractivity contribution in [1.82, 2.24) is 0 Å². The van der Waals surface area contributed by atoms with Gasteiger partial charge in [0.05, 0.1) is 0 Å². The zero-order chi connectivity index (χ0) is 20.7. The lowest BCUT2D eigenvalue weighted by atomic mass is 10.1. The van der Waals surface area contributed by atoms with Crippen LogP contribution in [0.15, 0.2) is 48.5 Å². The van der Waals surface area contributed by atoms with Crippen molar-refractivity contribution < 1.29 is 37.3 Å². The number of alkyl halides is 3. The highest BCUT2D eigenvalue weighted by Crippen LogP contribution is 2.27. The SMILES string of the molecule is CN(C(=O)CCc1ccccc1OC(F)(F)F)c1ccc(OCC(=O)O)cc1. The molecule has 0 aliphatic heterocycles. The number of carboxylic acids is 1. The van der Waals surface area contributed by atoms with Gasteiger partial charge in [0.25, 0.3) is 0 Å². The molecule has 0 spiro atoms. The summed E-state index contributed by atoms with van der Waals surface area (Å²) in [6, 6.07) is 11.9. The van der Waals surface area contributed by atoms with E-state index in [2.05, 4.69) is 4.74 Å². The van der Waals surface area contributed by atoms with Crippen LogP contribution in [-0.4, -0.2) is 37.0 Å². The number of ether oxygens (including phenoxy) is 2. The van der Waals surface area contributed by atoms with Crippen LogP contribution in [0.4, 0.5) is 18.9 Å². The zero-order valence-electron chi connectivity index (χ0n) is 14.9. The van der Waals surface area contributed by atoms with Gasteiger partial charge in [0.15, 0.2) is 6.61 Å². The average Bonchev–Trinajstić information content (AvgIpc) is 2.64. The lowest BCUT2D eigenvalue weighted by Gasteiger charge is -2.18. The monoisotopic (exact) mass is 397 g/mol. The molecular weight excluding hydrogens is 379 g/mol. The molecule has 150 valence electrons. The van der Waals surface area contributed by atoms with Gasteiger partial charge < -0.3 is 19.5 Å². The molecule has 9 heteroatoms. The number of para-hydroxylation sites is 1. The largest absolute Gasteiger partial charge is 0.573 e. The second kappa shape index (κ2) is 9.12. The van der Waals surface area contributed by atoms with Crippen molar-refractivity contribution >= 4 is 17.6 Å². The fourth-order valence-electron chi connectivity index (χ4n) is 2.40. The molecule has 28 heavy (non-hydrogen) atoms.